The van der Waals surface area contributed by atoms with Crippen molar-refractivity contribution in [3.63, 3.8) is 0 Å². The van der Waals surface area contributed by atoms with Crippen LogP contribution in [0.5, 0.6) is 0 Å². The summed E-state index contributed by atoms with van der Waals surface area (Å²) in [5.41, 5.74) is -0.251. The highest BCUT2D eigenvalue weighted by molar-refractivity contribution is 5.70. The van der Waals surface area contributed by atoms with Gasteiger partial charge < -0.3 is 5.11 Å². The second-order valence-corrected chi connectivity index (χ2v) is 2.50. The van der Waals surface area contributed by atoms with Gasteiger partial charge in [-0.15, -0.1) is 0 Å². The smallest absolute Gasteiger partial charge is 0.315 e. The zero-order valence-electron chi connectivity index (χ0n) is 7.51. The van der Waals surface area contributed by atoms with Gasteiger partial charge in [-0.25, -0.2) is 4.98 Å². The highest BCUT2D eigenvalue weighted by Gasteiger charge is 2.11. The fraction of sp³-hybridized carbons (Fsp3) is 0.111. The van der Waals surface area contributed by atoms with Crippen LogP contribution in [0.4, 0.5) is 5.69 Å². The quantitative estimate of drug-likeness (QED) is 0.439. The van der Waals surface area contributed by atoms with Gasteiger partial charge in [0.25, 0.3) is 0 Å². The number of nitro groups is 1. The number of carboxylic acids is 1. The van der Waals surface area contributed by atoms with Gasteiger partial charge in [0, 0.05) is 12.3 Å². The molecule has 1 N–H and O–H groups in total. The minimum atomic E-state index is -1.08. The SMILES string of the molecule is O=C(O)CC#Cc1ncccc1[N+](=O)[O-]. The van der Waals surface area contributed by atoms with Crippen LogP contribution in [-0.2, 0) is 4.79 Å². The molecule has 1 aromatic heterocycles. The van der Waals surface area contributed by atoms with E-state index in [9.17, 15) is 14.9 Å². The van der Waals surface area contributed by atoms with Gasteiger partial charge in [0.05, 0.1) is 4.92 Å². The van der Waals surface area contributed by atoms with Crippen LogP contribution in [0, 0.1) is 22.0 Å². The number of aliphatic carboxylic acids is 1. The molecule has 76 valence electrons. The fourth-order valence-corrected chi connectivity index (χ4v) is 0.844. The fourth-order valence-electron chi connectivity index (χ4n) is 0.844. The van der Waals surface area contributed by atoms with E-state index in [2.05, 4.69) is 16.8 Å². The van der Waals surface area contributed by atoms with Crippen LogP contribution < -0.4 is 0 Å². The highest BCUT2D eigenvalue weighted by atomic mass is 16.6. The molecule has 6 nitrogen and oxygen atoms in total. The molecule has 0 aromatic carbocycles. The molecule has 0 radical (unpaired) electrons. The normalized spacial score (nSPS) is 8.80. The summed E-state index contributed by atoms with van der Waals surface area (Å²) < 4.78 is 0. The number of hydrogen-bond donors (Lipinski definition) is 1. The highest BCUT2D eigenvalue weighted by Crippen LogP contribution is 2.13. The molecule has 0 bridgehead atoms. The van der Waals surface area contributed by atoms with Crippen LogP contribution >= 0.6 is 0 Å². The maximum atomic E-state index is 10.5. The summed E-state index contributed by atoms with van der Waals surface area (Å²) in [7, 11) is 0. The first-order chi connectivity index (χ1) is 7.11. The molecule has 0 amide bonds. The Labute approximate surface area is 84.7 Å². The predicted octanol–water partition coefficient (Wildman–Crippen LogP) is 0.816. The first-order valence-electron chi connectivity index (χ1n) is 3.91. The molecule has 6 heteroatoms. The summed E-state index contributed by atoms with van der Waals surface area (Å²) in [6.45, 7) is 0. The average Bonchev–Trinajstić information content (AvgIpc) is 2.17. The summed E-state index contributed by atoms with van der Waals surface area (Å²) in [6.07, 6.45) is 0.992. The molecular formula is C9H6N2O4. The van der Waals surface area contributed by atoms with E-state index in [0.29, 0.717) is 0 Å². The maximum absolute atomic E-state index is 10.5. The van der Waals surface area contributed by atoms with Crippen LogP contribution in [0.15, 0.2) is 18.3 Å². The Morgan fingerprint density at radius 1 is 1.67 bits per heavy atom. The second-order valence-electron chi connectivity index (χ2n) is 2.50. The molecule has 1 heterocycles. The topological polar surface area (TPSA) is 93.3 Å². The first kappa shape index (κ1) is 10.7. The molecule has 1 rings (SSSR count). The second kappa shape index (κ2) is 4.72. The number of carbonyl (C=O) groups is 1. The lowest BCUT2D eigenvalue weighted by atomic mass is 10.3. The van der Waals surface area contributed by atoms with E-state index < -0.39 is 10.9 Å². The van der Waals surface area contributed by atoms with Gasteiger partial charge in [-0.3, -0.25) is 14.9 Å². The van der Waals surface area contributed by atoms with Gasteiger partial charge in [0.1, 0.15) is 6.42 Å². The Bertz CT molecular complexity index is 459. The number of aromatic nitrogens is 1. The van der Waals surface area contributed by atoms with E-state index in [1.165, 1.54) is 18.3 Å². The number of hydrogen-bond acceptors (Lipinski definition) is 4. The molecule has 0 unspecified atom stereocenters. The van der Waals surface area contributed by atoms with Crippen molar-refractivity contribution < 1.29 is 14.8 Å². The van der Waals surface area contributed by atoms with Crippen molar-refractivity contribution in [1.29, 1.82) is 0 Å². The van der Waals surface area contributed by atoms with Crippen LogP contribution in [0.2, 0.25) is 0 Å². The van der Waals surface area contributed by atoms with Crippen LogP contribution in [0.1, 0.15) is 12.1 Å². The predicted molar refractivity (Wildman–Crippen MR) is 50.0 cm³/mol. The lowest BCUT2D eigenvalue weighted by Crippen LogP contribution is -1.95. The minimum Gasteiger partial charge on any atom is -0.481 e. The molecule has 0 fully saturated rings. The van der Waals surface area contributed by atoms with Crippen LogP contribution in [-0.4, -0.2) is 21.0 Å². The summed E-state index contributed by atoms with van der Waals surface area (Å²) in [5.74, 6) is 3.54. The van der Waals surface area contributed by atoms with E-state index in [-0.39, 0.29) is 17.8 Å². The van der Waals surface area contributed by atoms with Gasteiger partial charge in [-0.05, 0) is 12.0 Å². The van der Waals surface area contributed by atoms with Gasteiger partial charge in [-0.1, -0.05) is 5.92 Å². The summed E-state index contributed by atoms with van der Waals surface area (Å²) in [6, 6.07) is 2.68. The summed E-state index contributed by atoms with van der Waals surface area (Å²) >= 11 is 0. The lowest BCUT2D eigenvalue weighted by Gasteiger charge is -1.92. The summed E-state index contributed by atoms with van der Waals surface area (Å²) in [5, 5.41) is 18.8. The Kier molecular flexibility index (Phi) is 3.35. The standard InChI is InChI=1S/C9H6N2O4/c12-9(13)5-1-3-7-8(11(14)15)4-2-6-10-7/h2,4,6H,5H2,(H,12,13). The third kappa shape index (κ3) is 3.08. The molecule has 0 saturated carbocycles. The maximum Gasteiger partial charge on any atom is 0.315 e. The lowest BCUT2D eigenvalue weighted by molar-refractivity contribution is -0.385. The number of rotatable bonds is 2. The molecule has 0 atom stereocenters. The molecule has 0 aliphatic heterocycles. The van der Waals surface area contributed by atoms with Gasteiger partial charge in [0.2, 0.25) is 0 Å². The Morgan fingerprint density at radius 3 is 3.00 bits per heavy atom. The van der Waals surface area contributed by atoms with E-state index in [1.54, 1.807) is 0 Å². The van der Waals surface area contributed by atoms with Crippen molar-refractivity contribution >= 4 is 11.7 Å². The molecule has 15 heavy (non-hydrogen) atoms. The van der Waals surface area contributed by atoms with Crippen molar-refractivity contribution in [2.75, 3.05) is 0 Å². The first-order valence-corrected chi connectivity index (χ1v) is 3.91. The van der Waals surface area contributed by atoms with E-state index in [1.807, 2.05) is 0 Å². The number of carboxylic acid groups (broad SMARTS) is 1. The largest absolute Gasteiger partial charge is 0.481 e. The number of nitrogens with zero attached hydrogens (tertiary/aromatic N) is 2. The summed E-state index contributed by atoms with van der Waals surface area (Å²) in [4.78, 5) is 23.7. The van der Waals surface area contributed by atoms with E-state index in [4.69, 9.17) is 5.11 Å². The van der Waals surface area contributed by atoms with Crippen molar-refractivity contribution in [2.24, 2.45) is 0 Å². The molecule has 0 aliphatic rings. The molecule has 0 spiro atoms. The van der Waals surface area contributed by atoms with Gasteiger partial charge in [0.15, 0.2) is 5.69 Å². The third-order valence-electron chi connectivity index (χ3n) is 1.43. The van der Waals surface area contributed by atoms with Crippen molar-refractivity contribution in [2.45, 2.75) is 6.42 Å². The van der Waals surface area contributed by atoms with Crippen LogP contribution in [0.25, 0.3) is 0 Å². The molecular weight excluding hydrogens is 200 g/mol. The zero-order chi connectivity index (χ0) is 11.3. The van der Waals surface area contributed by atoms with Crippen molar-refractivity contribution in [3.05, 3.63) is 34.1 Å². The Balaban J connectivity index is 2.97. The molecule has 0 saturated heterocycles. The Hall–Kier alpha value is -2.42. The van der Waals surface area contributed by atoms with Gasteiger partial charge in [-0.2, -0.15) is 0 Å². The molecule has 1 aromatic rings. The minimum absolute atomic E-state index is 0.0243. The van der Waals surface area contributed by atoms with Crippen molar-refractivity contribution in [3.8, 4) is 11.8 Å². The van der Waals surface area contributed by atoms with Crippen molar-refractivity contribution in [1.82, 2.24) is 4.98 Å². The monoisotopic (exact) mass is 206 g/mol. The average molecular weight is 206 g/mol. The van der Waals surface area contributed by atoms with Gasteiger partial charge >= 0.3 is 11.7 Å². The number of pyridine rings is 1. The zero-order valence-corrected chi connectivity index (χ0v) is 7.51. The third-order valence-corrected chi connectivity index (χ3v) is 1.43. The Morgan fingerprint density at radius 2 is 2.40 bits per heavy atom. The van der Waals surface area contributed by atoms with Crippen LogP contribution in [0.3, 0.4) is 0 Å². The van der Waals surface area contributed by atoms with E-state index >= 15 is 0 Å². The van der Waals surface area contributed by atoms with E-state index in [0.717, 1.165) is 0 Å². The molecule has 0 aliphatic carbocycles.